The highest BCUT2D eigenvalue weighted by Crippen LogP contribution is 2.40. The molecule has 7 nitrogen and oxygen atoms in total. The summed E-state index contributed by atoms with van der Waals surface area (Å²) in [6.45, 7) is 3.16. The molecule has 0 N–H and O–H groups in total. The van der Waals surface area contributed by atoms with Crippen molar-refractivity contribution >= 4 is 38.9 Å². The summed E-state index contributed by atoms with van der Waals surface area (Å²) < 4.78 is 21.0. The third-order valence-corrected chi connectivity index (χ3v) is 8.14. The van der Waals surface area contributed by atoms with Gasteiger partial charge >= 0.3 is 0 Å². The minimum absolute atomic E-state index is 0.0441. The van der Waals surface area contributed by atoms with Crippen LogP contribution < -0.4 is 4.74 Å². The fraction of sp³-hybridized carbons (Fsp3) is 0.200. The maximum atomic E-state index is 14.1. The van der Waals surface area contributed by atoms with E-state index in [-0.39, 0.29) is 18.2 Å². The van der Waals surface area contributed by atoms with Crippen molar-refractivity contribution in [3.8, 4) is 28.3 Å². The van der Waals surface area contributed by atoms with Gasteiger partial charge < -0.3 is 14.5 Å². The summed E-state index contributed by atoms with van der Waals surface area (Å²) >= 11 is 7.82. The van der Waals surface area contributed by atoms with Crippen LogP contribution in [0.5, 0.6) is 5.75 Å². The van der Waals surface area contributed by atoms with Gasteiger partial charge in [0, 0.05) is 59.5 Å². The van der Waals surface area contributed by atoms with Gasteiger partial charge in [-0.2, -0.15) is 0 Å². The van der Waals surface area contributed by atoms with E-state index in [0.717, 1.165) is 47.5 Å². The van der Waals surface area contributed by atoms with Crippen LogP contribution in [0, 0.1) is 5.82 Å². The number of carbonyl (C=O) groups is 1. The number of ether oxygens (including phenoxy) is 1. The molecule has 0 saturated carbocycles. The third-order valence-electron chi connectivity index (χ3n) is 6.98. The zero-order chi connectivity index (χ0) is 27.6. The van der Waals surface area contributed by atoms with Crippen molar-refractivity contribution in [3.05, 3.63) is 94.3 Å². The Morgan fingerprint density at radius 3 is 2.58 bits per heavy atom. The van der Waals surface area contributed by atoms with E-state index in [0.29, 0.717) is 27.6 Å². The summed E-state index contributed by atoms with van der Waals surface area (Å²) in [5.74, 6) is 0.0656. The quantitative estimate of drug-likeness (QED) is 0.242. The van der Waals surface area contributed by atoms with Crippen LogP contribution in [0.15, 0.2) is 72.2 Å². The summed E-state index contributed by atoms with van der Waals surface area (Å²) in [5, 5.41) is 12.6. The fourth-order valence-corrected chi connectivity index (χ4v) is 5.77. The molecular weight excluding hydrogens is 549 g/mol. The Hall–Kier alpha value is -3.92. The zero-order valence-electron chi connectivity index (χ0n) is 21.7. The normalized spacial score (nSPS) is 14.0. The topological polar surface area (TPSA) is 71.5 Å². The van der Waals surface area contributed by atoms with Crippen LogP contribution in [0.1, 0.15) is 16.1 Å². The first-order valence-electron chi connectivity index (χ1n) is 12.8. The van der Waals surface area contributed by atoms with Crippen molar-refractivity contribution in [2.45, 2.75) is 6.61 Å². The molecule has 1 fully saturated rings. The Kier molecular flexibility index (Phi) is 7.42. The van der Waals surface area contributed by atoms with E-state index >= 15 is 0 Å². The predicted octanol–water partition coefficient (Wildman–Crippen LogP) is 6.18. The Bertz CT molecular complexity index is 1690. The number of aromatic nitrogens is 3. The van der Waals surface area contributed by atoms with Crippen LogP contribution in [0.2, 0.25) is 5.02 Å². The van der Waals surface area contributed by atoms with E-state index in [1.807, 2.05) is 46.7 Å². The number of halogens is 2. The van der Waals surface area contributed by atoms with Crippen LogP contribution in [-0.2, 0) is 6.61 Å². The lowest BCUT2D eigenvalue weighted by Gasteiger charge is -2.32. The van der Waals surface area contributed by atoms with E-state index in [9.17, 15) is 9.18 Å². The van der Waals surface area contributed by atoms with Gasteiger partial charge in [0.1, 0.15) is 35.3 Å². The van der Waals surface area contributed by atoms with Gasteiger partial charge in [-0.3, -0.25) is 9.78 Å². The SMILES string of the molecule is CN1CCN(C(=O)c2ccc(-c3nnc(-c4ccc(Cl)cc4OCc4ncccc4F)c4sccc34)cc2)CC1. The number of amides is 1. The first kappa shape index (κ1) is 26.3. The number of thiophene rings is 1. The van der Waals surface area contributed by atoms with E-state index < -0.39 is 5.82 Å². The lowest BCUT2D eigenvalue weighted by molar-refractivity contribution is 0.0664. The average Bonchev–Trinajstić information content (AvgIpc) is 3.47. The molecule has 40 heavy (non-hydrogen) atoms. The largest absolute Gasteiger partial charge is 0.486 e. The molecule has 2 aromatic carbocycles. The number of hydrogen-bond acceptors (Lipinski definition) is 7. The maximum absolute atomic E-state index is 14.1. The van der Waals surface area contributed by atoms with Gasteiger partial charge in [0.2, 0.25) is 0 Å². The Morgan fingerprint density at radius 1 is 1.02 bits per heavy atom. The van der Waals surface area contributed by atoms with Crippen LogP contribution in [-0.4, -0.2) is 64.1 Å². The van der Waals surface area contributed by atoms with Gasteiger partial charge in [0.25, 0.3) is 5.91 Å². The molecule has 1 aliphatic rings. The number of benzene rings is 2. The third kappa shape index (κ3) is 5.28. The monoisotopic (exact) mass is 573 g/mol. The van der Waals surface area contributed by atoms with Crippen LogP contribution in [0.25, 0.3) is 32.6 Å². The van der Waals surface area contributed by atoms with E-state index in [4.69, 9.17) is 16.3 Å². The zero-order valence-corrected chi connectivity index (χ0v) is 23.3. The molecule has 0 unspecified atom stereocenters. The molecule has 202 valence electrons. The second-order valence-corrected chi connectivity index (χ2v) is 10.9. The molecule has 10 heteroatoms. The van der Waals surface area contributed by atoms with E-state index in [1.54, 1.807) is 23.5 Å². The van der Waals surface area contributed by atoms with Crippen molar-refractivity contribution < 1.29 is 13.9 Å². The predicted molar refractivity (Wildman–Crippen MR) is 155 cm³/mol. The molecule has 3 aromatic heterocycles. The molecule has 0 aliphatic carbocycles. The number of hydrogen-bond donors (Lipinski definition) is 0. The first-order valence-corrected chi connectivity index (χ1v) is 14.1. The highest BCUT2D eigenvalue weighted by atomic mass is 35.5. The van der Waals surface area contributed by atoms with E-state index in [1.165, 1.54) is 18.3 Å². The molecule has 0 atom stereocenters. The van der Waals surface area contributed by atoms with Gasteiger partial charge in [-0.05, 0) is 61.0 Å². The highest BCUT2D eigenvalue weighted by Gasteiger charge is 2.21. The second-order valence-electron chi connectivity index (χ2n) is 9.59. The molecule has 4 heterocycles. The second kappa shape index (κ2) is 11.3. The molecule has 1 saturated heterocycles. The smallest absolute Gasteiger partial charge is 0.253 e. The van der Waals surface area contributed by atoms with Crippen LogP contribution in [0.3, 0.4) is 0 Å². The van der Waals surface area contributed by atoms with Gasteiger partial charge in [0.15, 0.2) is 0 Å². The van der Waals surface area contributed by atoms with Crippen LogP contribution >= 0.6 is 22.9 Å². The maximum Gasteiger partial charge on any atom is 0.253 e. The number of fused-ring (bicyclic) bond motifs is 1. The van der Waals surface area contributed by atoms with Gasteiger partial charge in [-0.25, -0.2) is 4.39 Å². The number of piperazine rings is 1. The fourth-order valence-electron chi connectivity index (χ4n) is 4.71. The molecule has 0 spiro atoms. The lowest BCUT2D eigenvalue weighted by Crippen LogP contribution is -2.47. The number of likely N-dealkylation sites (N-methyl/N-ethyl adjacent to an activating group) is 1. The molecule has 0 radical (unpaired) electrons. The Balaban J connectivity index is 1.30. The lowest BCUT2D eigenvalue weighted by atomic mass is 10.0. The molecular formula is C30H25ClFN5O2S. The summed E-state index contributed by atoms with van der Waals surface area (Å²) in [4.78, 5) is 21.2. The molecule has 1 amide bonds. The molecule has 5 aromatic rings. The van der Waals surface area contributed by atoms with Gasteiger partial charge in [-0.15, -0.1) is 21.5 Å². The Labute approximate surface area is 239 Å². The highest BCUT2D eigenvalue weighted by molar-refractivity contribution is 7.17. The minimum Gasteiger partial charge on any atom is -0.486 e. The number of carbonyl (C=O) groups excluding carboxylic acids is 1. The van der Waals surface area contributed by atoms with Crippen molar-refractivity contribution in [1.82, 2.24) is 25.0 Å². The summed E-state index contributed by atoms with van der Waals surface area (Å²) in [6.07, 6.45) is 1.52. The molecule has 0 bridgehead atoms. The first-order chi connectivity index (χ1) is 19.5. The van der Waals surface area contributed by atoms with Crippen molar-refractivity contribution in [3.63, 3.8) is 0 Å². The number of nitrogens with zero attached hydrogens (tertiary/aromatic N) is 5. The standard InChI is InChI=1S/C30H25ClFN5O2S/c1-36-12-14-37(15-13-36)30(38)20-6-4-19(5-7-20)27-23-10-16-40-29(23)28(35-34-27)22-9-8-21(31)17-26(22)39-18-25-24(32)3-2-11-33-25/h2-11,16-17H,12-15,18H2,1H3. The molecule has 6 rings (SSSR count). The summed E-state index contributed by atoms with van der Waals surface area (Å²) in [5.41, 5.74) is 3.79. The number of rotatable bonds is 6. The Morgan fingerprint density at radius 2 is 1.80 bits per heavy atom. The van der Waals surface area contributed by atoms with Crippen molar-refractivity contribution in [2.24, 2.45) is 0 Å². The average molecular weight is 574 g/mol. The number of pyridine rings is 1. The van der Waals surface area contributed by atoms with Gasteiger partial charge in [0.05, 0.1) is 4.70 Å². The minimum atomic E-state index is -0.438. The summed E-state index contributed by atoms with van der Waals surface area (Å²) in [7, 11) is 2.07. The van der Waals surface area contributed by atoms with E-state index in [2.05, 4.69) is 27.1 Å². The van der Waals surface area contributed by atoms with Crippen molar-refractivity contribution in [1.29, 1.82) is 0 Å². The van der Waals surface area contributed by atoms with Crippen LogP contribution in [0.4, 0.5) is 4.39 Å². The molecule has 1 aliphatic heterocycles. The summed E-state index contributed by atoms with van der Waals surface area (Å²) in [6, 6.07) is 17.7. The van der Waals surface area contributed by atoms with Gasteiger partial charge in [-0.1, -0.05) is 23.7 Å². The van der Waals surface area contributed by atoms with Crippen molar-refractivity contribution in [2.75, 3.05) is 33.2 Å².